The topological polar surface area (TPSA) is 240 Å². The number of carbonyl (C=O) groups is 6. The molecule has 1 heterocycles. The van der Waals surface area contributed by atoms with Gasteiger partial charge in [-0.25, -0.2) is 0 Å². The van der Waals surface area contributed by atoms with Crippen LogP contribution in [0, 0.1) is 11.8 Å². The van der Waals surface area contributed by atoms with Crippen molar-refractivity contribution in [2.24, 2.45) is 17.6 Å². The van der Waals surface area contributed by atoms with Crippen LogP contribution in [0.2, 0.25) is 0 Å². The van der Waals surface area contributed by atoms with Gasteiger partial charge in [-0.15, -0.1) is 0 Å². The smallest absolute Gasteiger partial charge is 0.245 e. The third kappa shape index (κ3) is 12.5. The summed E-state index contributed by atoms with van der Waals surface area (Å²) in [4.78, 5) is 73.5. The highest BCUT2D eigenvalue weighted by atomic mass is 16.3. The Morgan fingerprint density at radius 1 is 1.02 bits per heavy atom. The second kappa shape index (κ2) is 18.3. The molecule has 234 valence electrons. The first kappa shape index (κ1) is 35.9. The molecule has 0 bridgehead atoms. The van der Waals surface area contributed by atoms with Gasteiger partial charge in [-0.1, -0.05) is 20.8 Å². The van der Waals surface area contributed by atoms with Gasteiger partial charge in [-0.3, -0.25) is 24.0 Å². The Balaban J connectivity index is 2.54. The van der Waals surface area contributed by atoms with Crippen LogP contribution in [-0.2, 0) is 28.8 Å². The van der Waals surface area contributed by atoms with Crippen LogP contribution in [0.5, 0.6) is 0 Å². The fourth-order valence-electron chi connectivity index (χ4n) is 4.37. The molecule has 1 aliphatic heterocycles. The van der Waals surface area contributed by atoms with E-state index in [1.165, 1.54) is 11.8 Å². The van der Waals surface area contributed by atoms with Gasteiger partial charge in [0.1, 0.15) is 18.4 Å². The molecule has 1 saturated heterocycles. The first-order chi connectivity index (χ1) is 19.3. The fraction of sp³-hybridized carbons (Fsp3) is 0.769. The van der Waals surface area contributed by atoms with Crippen LogP contribution in [0.1, 0.15) is 52.9 Å². The van der Waals surface area contributed by atoms with Gasteiger partial charge < -0.3 is 52.0 Å². The SMILES string of the molecule is CC(C)CC(NC(=O)CN)C(=O)NCC(=O)NCCC(O)C(C)C(=O)N1CCC(O)C1C(=O)NCC(O)CCC=O. The summed E-state index contributed by atoms with van der Waals surface area (Å²) in [6, 6.07) is -2.03. The van der Waals surface area contributed by atoms with E-state index in [-0.39, 0.29) is 64.3 Å². The lowest BCUT2D eigenvalue weighted by atomic mass is 9.99. The van der Waals surface area contributed by atoms with Gasteiger partial charge in [-0.2, -0.15) is 0 Å². The van der Waals surface area contributed by atoms with Crippen molar-refractivity contribution in [2.45, 2.75) is 83.3 Å². The molecule has 15 heteroatoms. The quantitative estimate of drug-likeness (QED) is 0.0737. The van der Waals surface area contributed by atoms with Gasteiger partial charge in [0.15, 0.2) is 0 Å². The number of amides is 5. The molecule has 0 aromatic rings. The molecule has 0 aromatic carbocycles. The number of likely N-dealkylation sites (tertiary alicyclic amines) is 1. The zero-order chi connectivity index (χ0) is 31.1. The summed E-state index contributed by atoms with van der Waals surface area (Å²) in [5.74, 6) is -3.61. The summed E-state index contributed by atoms with van der Waals surface area (Å²) in [5.41, 5.74) is 5.29. The molecular weight excluding hydrogens is 540 g/mol. The lowest BCUT2D eigenvalue weighted by Crippen LogP contribution is -2.53. The van der Waals surface area contributed by atoms with E-state index in [1.54, 1.807) is 0 Å². The van der Waals surface area contributed by atoms with E-state index < -0.39 is 65.8 Å². The van der Waals surface area contributed by atoms with Crippen molar-refractivity contribution in [1.29, 1.82) is 0 Å². The highest BCUT2D eigenvalue weighted by Crippen LogP contribution is 2.22. The van der Waals surface area contributed by atoms with E-state index in [2.05, 4.69) is 21.3 Å². The molecule has 5 amide bonds. The average Bonchev–Trinajstić information content (AvgIpc) is 3.32. The number of nitrogens with one attached hydrogen (secondary N) is 4. The number of aliphatic hydroxyl groups excluding tert-OH is 3. The van der Waals surface area contributed by atoms with E-state index in [4.69, 9.17) is 5.73 Å². The van der Waals surface area contributed by atoms with E-state index in [1.807, 2.05) is 13.8 Å². The molecule has 0 aliphatic carbocycles. The van der Waals surface area contributed by atoms with Crippen molar-refractivity contribution in [3.05, 3.63) is 0 Å². The Morgan fingerprint density at radius 2 is 1.71 bits per heavy atom. The maximum Gasteiger partial charge on any atom is 0.245 e. The molecular formula is C26H46N6O9. The number of nitrogens with zero attached hydrogens (tertiary/aromatic N) is 1. The number of hydrogen-bond donors (Lipinski definition) is 8. The van der Waals surface area contributed by atoms with Crippen molar-refractivity contribution >= 4 is 35.8 Å². The molecule has 6 atom stereocenters. The molecule has 1 rings (SSSR count). The molecule has 6 unspecified atom stereocenters. The predicted octanol–water partition coefficient (Wildman–Crippen LogP) is -3.49. The fourth-order valence-corrected chi connectivity index (χ4v) is 4.37. The highest BCUT2D eigenvalue weighted by Gasteiger charge is 2.43. The second-order valence-electron chi connectivity index (χ2n) is 10.6. The molecule has 15 nitrogen and oxygen atoms in total. The minimum Gasteiger partial charge on any atom is -0.392 e. The van der Waals surface area contributed by atoms with E-state index in [9.17, 15) is 44.1 Å². The van der Waals surface area contributed by atoms with Crippen LogP contribution in [0.25, 0.3) is 0 Å². The average molecular weight is 587 g/mol. The molecule has 9 N–H and O–H groups in total. The molecule has 1 aliphatic rings. The van der Waals surface area contributed by atoms with Crippen LogP contribution in [0.15, 0.2) is 0 Å². The number of rotatable bonds is 18. The number of aldehydes is 1. The van der Waals surface area contributed by atoms with Crippen LogP contribution in [0.3, 0.4) is 0 Å². The number of aliphatic hydroxyl groups is 3. The van der Waals surface area contributed by atoms with E-state index in [0.29, 0.717) is 12.7 Å². The normalized spacial score (nSPS) is 19.6. The summed E-state index contributed by atoms with van der Waals surface area (Å²) in [6.45, 7) is 4.56. The number of hydrogen-bond acceptors (Lipinski definition) is 10. The summed E-state index contributed by atoms with van der Waals surface area (Å²) in [6.07, 6.45) is -1.77. The Morgan fingerprint density at radius 3 is 2.32 bits per heavy atom. The Hall–Kier alpha value is -3.14. The Kier molecular flexibility index (Phi) is 16.0. The molecule has 1 fully saturated rings. The largest absolute Gasteiger partial charge is 0.392 e. The second-order valence-corrected chi connectivity index (χ2v) is 10.6. The van der Waals surface area contributed by atoms with Gasteiger partial charge in [0, 0.05) is 26.1 Å². The lowest BCUT2D eigenvalue weighted by Gasteiger charge is -2.30. The van der Waals surface area contributed by atoms with Gasteiger partial charge in [0.2, 0.25) is 29.5 Å². The van der Waals surface area contributed by atoms with Crippen LogP contribution in [0.4, 0.5) is 0 Å². The zero-order valence-electron chi connectivity index (χ0n) is 24.0. The van der Waals surface area contributed by atoms with Crippen molar-refractivity contribution < 1.29 is 44.1 Å². The minimum absolute atomic E-state index is 0.00195. The third-order valence-electron chi connectivity index (χ3n) is 6.74. The zero-order valence-corrected chi connectivity index (χ0v) is 24.0. The standard InChI is InChI=1S/C26H46N6O9/c1-15(2)11-18(31-21(37)12-27)24(39)30-14-22(38)28-8-6-19(35)16(3)26(41)32-9-7-20(36)23(32)25(40)29-13-17(34)5-4-10-33/h10,15-20,23,34-36H,4-9,11-14,27H2,1-3H3,(H,28,38)(H,29,40)(H,30,39)(H,31,37). The van der Waals surface area contributed by atoms with Gasteiger partial charge in [0.05, 0.1) is 37.3 Å². The van der Waals surface area contributed by atoms with Crippen LogP contribution in [-0.4, -0.2) is 119 Å². The minimum atomic E-state index is -1.19. The predicted molar refractivity (Wildman–Crippen MR) is 147 cm³/mol. The van der Waals surface area contributed by atoms with E-state index >= 15 is 0 Å². The molecule has 0 radical (unpaired) electrons. The van der Waals surface area contributed by atoms with Crippen molar-refractivity contribution in [2.75, 3.05) is 32.7 Å². The number of carbonyl (C=O) groups excluding carboxylic acids is 6. The number of nitrogens with two attached hydrogens (primary N) is 1. The first-order valence-corrected chi connectivity index (χ1v) is 13.9. The maximum atomic E-state index is 13.1. The van der Waals surface area contributed by atoms with Gasteiger partial charge in [0.25, 0.3) is 0 Å². The maximum absolute atomic E-state index is 13.1. The third-order valence-corrected chi connectivity index (χ3v) is 6.74. The highest BCUT2D eigenvalue weighted by molar-refractivity contribution is 5.91. The summed E-state index contributed by atoms with van der Waals surface area (Å²) in [7, 11) is 0. The van der Waals surface area contributed by atoms with Crippen molar-refractivity contribution in [3.63, 3.8) is 0 Å². The van der Waals surface area contributed by atoms with Crippen molar-refractivity contribution in [1.82, 2.24) is 26.2 Å². The molecule has 0 aromatic heterocycles. The Labute approximate surface area is 240 Å². The summed E-state index contributed by atoms with van der Waals surface area (Å²) < 4.78 is 0. The molecule has 0 saturated carbocycles. The summed E-state index contributed by atoms with van der Waals surface area (Å²) >= 11 is 0. The Bertz CT molecular complexity index is 903. The van der Waals surface area contributed by atoms with E-state index in [0.717, 1.165) is 0 Å². The molecule has 0 spiro atoms. The van der Waals surface area contributed by atoms with Gasteiger partial charge in [-0.05, 0) is 31.6 Å². The lowest BCUT2D eigenvalue weighted by molar-refractivity contribution is -0.146. The van der Waals surface area contributed by atoms with Crippen LogP contribution >= 0.6 is 0 Å². The first-order valence-electron chi connectivity index (χ1n) is 13.9. The summed E-state index contributed by atoms with van der Waals surface area (Å²) in [5, 5.41) is 40.7. The molecule has 41 heavy (non-hydrogen) atoms. The van der Waals surface area contributed by atoms with Crippen LogP contribution < -0.4 is 27.0 Å². The monoisotopic (exact) mass is 586 g/mol. The van der Waals surface area contributed by atoms with Crippen molar-refractivity contribution in [3.8, 4) is 0 Å². The van der Waals surface area contributed by atoms with Gasteiger partial charge >= 0.3 is 0 Å².